The van der Waals surface area contributed by atoms with Crippen molar-refractivity contribution in [3.8, 4) is 0 Å². The highest BCUT2D eigenvalue weighted by Gasteiger charge is 2.18. The van der Waals surface area contributed by atoms with E-state index in [1.807, 2.05) is 16.0 Å². The Morgan fingerprint density at radius 3 is 2.82 bits per heavy atom. The van der Waals surface area contributed by atoms with Crippen LogP contribution in [0, 0.1) is 10.1 Å². The van der Waals surface area contributed by atoms with Gasteiger partial charge in [-0.05, 0) is 12.1 Å². The summed E-state index contributed by atoms with van der Waals surface area (Å²) in [6, 6.07) is 3.66. The van der Waals surface area contributed by atoms with Gasteiger partial charge in [-0.2, -0.15) is 0 Å². The van der Waals surface area contributed by atoms with Crippen molar-refractivity contribution in [2.75, 3.05) is 24.7 Å². The number of carbonyl (C=O) groups excluding carboxylic acids is 1. The van der Waals surface area contributed by atoms with Crippen LogP contribution in [0.25, 0.3) is 4.96 Å². The monoisotopic (exact) mass is 423 g/mol. The molecule has 10 nitrogen and oxygen atoms in total. The van der Waals surface area contributed by atoms with Gasteiger partial charge >= 0.3 is 0 Å². The molecule has 1 amide bonds. The maximum atomic E-state index is 12.0. The zero-order valence-electron chi connectivity index (χ0n) is 14.8. The van der Waals surface area contributed by atoms with E-state index in [0.717, 1.165) is 17.3 Å². The van der Waals surface area contributed by atoms with Crippen LogP contribution in [0.5, 0.6) is 0 Å². The van der Waals surface area contributed by atoms with Crippen LogP contribution in [0.15, 0.2) is 40.9 Å². The third-order valence-electron chi connectivity index (χ3n) is 3.84. The highest BCUT2D eigenvalue weighted by Crippen LogP contribution is 2.27. The molecule has 3 rings (SSSR count). The lowest BCUT2D eigenvalue weighted by Crippen LogP contribution is -2.30. The summed E-state index contributed by atoms with van der Waals surface area (Å²) in [6.07, 6.45) is 4.77. The maximum absolute atomic E-state index is 12.0. The number of nitrogens with zero attached hydrogens (tertiary/aromatic N) is 3. The third kappa shape index (κ3) is 4.64. The van der Waals surface area contributed by atoms with Crippen molar-refractivity contribution in [3.63, 3.8) is 0 Å². The number of thiazole rings is 1. The first kappa shape index (κ1) is 19.8. The van der Waals surface area contributed by atoms with Gasteiger partial charge in [0.25, 0.3) is 5.69 Å². The minimum Gasteiger partial charge on any atom is -0.378 e. The first-order chi connectivity index (χ1) is 13.2. The van der Waals surface area contributed by atoms with Crippen molar-refractivity contribution >= 4 is 43.4 Å². The maximum Gasteiger partial charge on any atom is 0.293 e. The van der Waals surface area contributed by atoms with E-state index in [2.05, 4.69) is 15.6 Å². The van der Waals surface area contributed by atoms with Crippen molar-refractivity contribution < 1.29 is 18.1 Å². The Bertz CT molecular complexity index is 1110. The standard InChI is InChI=1S/C16H17N5O5S2/c1-28(25,26)12-2-3-13(14(9-12)21(23)24)17-4-5-18-15(22)8-11-10-20-6-7-27-16(20)19-11/h2-3,6-7,9-10,17H,4-5,8H2,1H3,(H,18,22). The number of nitro benzene ring substituents is 1. The Balaban J connectivity index is 1.53. The molecule has 0 saturated carbocycles. The van der Waals surface area contributed by atoms with Gasteiger partial charge in [-0.1, -0.05) is 0 Å². The number of hydrogen-bond acceptors (Lipinski definition) is 8. The van der Waals surface area contributed by atoms with Gasteiger partial charge in [0.15, 0.2) is 14.8 Å². The molecule has 2 heterocycles. The molecule has 0 unspecified atom stereocenters. The smallest absolute Gasteiger partial charge is 0.293 e. The molecular formula is C16H17N5O5S2. The summed E-state index contributed by atoms with van der Waals surface area (Å²) in [6.45, 7) is 0.481. The molecule has 2 aromatic heterocycles. The van der Waals surface area contributed by atoms with Gasteiger partial charge in [-0.15, -0.1) is 11.3 Å². The number of rotatable bonds is 8. The molecular weight excluding hydrogens is 406 g/mol. The SMILES string of the molecule is CS(=O)(=O)c1ccc(NCCNC(=O)Cc2cn3ccsc3n2)c([N+](=O)[O-])c1. The number of carbonyl (C=O) groups is 1. The summed E-state index contributed by atoms with van der Waals surface area (Å²) in [4.78, 5) is 27.5. The number of benzene rings is 1. The number of sulfone groups is 1. The fourth-order valence-corrected chi connectivity index (χ4v) is 3.89. The first-order valence-electron chi connectivity index (χ1n) is 8.14. The van der Waals surface area contributed by atoms with Gasteiger partial charge in [0.2, 0.25) is 5.91 Å². The first-order valence-corrected chi connectivity index (χ1v) is 10.9. The van der Waals surface area contributed by atoms with Gasteiger partial charge in [0.1, 0.15) is 5.69 Å². The quantitative estimate of drug-likeness (QED) is 0.318. The molecule has 0 aliphatic heterocycles. The molecule has 0 fully saturated rings. The molecule has 148 valence electrons. The molecule has 0 spiro atoms. The molecule has 0 bridgehead atoms. The second-order valence-electron chi connectivity index (χ2n) is 5.99. The second-order valence-corrected chi connectivity index (χ2v) is 8.88. The highest BCUT2D eigenvalue weighted by molar-refractivity contribution is 7.90. The topological polar surface area (TPSA) is 136 Å². The van der Waals surface area contributed by atoms with Crippen molar-refractivity contribution in [3.05, 3.63) is 51.8 Å². The lowest BCUT2D eigenvalue weighted by Gasteiger charge is -2.09. The number of anilines is 1. The molecule has 0 atom stereocenters. The van der Waals surface area contributed by atoms with Crippen LogP contribution in [-0.2, 0) is 21.1 Å². The van der Waals surface area contributed by atoms with E-state index < -0.39 is 14.8 Å². The van der Waals surface area contributed by atoms with Crippen molar-refractivity contribution in [2.24, 2.45) is 0 Å². The van der Waals surface area contributed by atoms with Crippen LogP contribution >= 0.6 is 11.3 Å². The number of imidazole rings is 1. The van der Waals surface area contributed by atoms with Crippen molar-refractivity contribution in [1.82, 2.24) is 14.7 Å². The largest absolute Gasteiger partial charge is 0.378 e. The number of fused-ring (bicyclic) bond motifs is 1. The van der Waals surface area contributed by atoms with Crippen LogP contribution in [0.1, 0.15) is 5.69 Å². The Morgan fingerprint density at radius 1 is 1.36 bits per heavy atom. The minimum atomic E-state index is -3.54. The van der Waals surface area contributed by atoms with Gasteiger partial charge < -0.3 is 10.6 Å². The number of amides is 1. The number of nitrogens with one attached hydrogen (secondary N) is 2. The van der Waals surface area contributed by atoms with E-state index >= 15 is 0 Å². The van der Waals surface area contributed by atoms with Gasteiger partial charge in [-0.3, -0.25) is 19.3 Å². The predicted molar refractivity (Wildman–Crippen MR) is 104 cm³/mol. The van der Waals surface area contributed by atoms with Crippen LogP contribution in [-0.4, -0.2) is 48.0 Å². The molecule has 0 radical (unpaired) electrons. The zero-order chi connectivity index (χ0) is 20.3. The average Bonchev–Trinajstić information content (AvgIpc) is 3.19. The molecule has 0 aliphatic rings. The predicted octanol–water partition coefficient (Wildman–Crippen LogP) is 1.48. The lowest BCUT2D eigenvalue weighted by molar-refractivity contribution is -0.384. The minimum absolute atomic E-state index is 0.127. The average molecular weight is 423 g/mol. The number of nitro groups is 1. The van der Waals surface area contributed by atoms with Gasteiger partial charge in [-0.25, -0.2) is 13.4 Å². The molecule has 3 aromatic rings. The summed E-state index contributed by atoms with van der Waals surface area (Å²) in [5.41, 5.74) is 0.498. The zero-order valence-corrected chi connectivity index (χ0v) is 16.4. The van der Waals surface area contributed by atoms with Crippen molar-refractivity contribution in [1.29, 1.82) is 0 Å². The summed E-state index contributed by atoms with van der Waals surface area (Å²) in [5, 5.41) is 18.6. The Morgan fingerprint density at radius 2 is 2.14 bits per heavy atom. The number of hydrogen-bond donors (Lipinski definition) is 2. The molecule has 28 heavy (non-hydrogen) atoms. The fraction of sp³-hybridized carbons (Fsp3) is 0.250. The number of aromatic nitrogens is 2. The Hall–Kier alpha value is -2.99. The molecule has 2 N–H and O–H groups in total. The van der Waals surface area contributed by atoms with Crippen LogP contribution in [0.3, 0.4) is 0 Å². The molecule has 12 heteroatoms. The second kappa shape index (κ2) is 7.94. The fourth-order valence-electron chi connectivity index (χ4n) is 2.53. The summed E-state index contributed by atoms with van der Waals surface area (Å²) >= 11 is 1.48. The van der Waals surface area contributed by atoms with E-state index in [-0.39, 0.29) is 41.7 Å². The van der Waals surface area contributed by atoms with Crippen LogP contribution in [0.2, 0.25) is 0 Å². The van der Waals surface area contributed by atoms with E-state index in [1.54, 1.807) is 6.20 Å². The van der Waals surface area contributed by atoms with E-state index in [0.29, 0.717) is 5.69 Å². The van der Waals surface area contributed by atoms with Gasteiger partial charge in [0.05, 0.1) is 21.9 Å². The molecule has 1 aromatic carbocycles. The third-order valence-corrected chi connectivity index (χ3v) is 5.72. The molecule has 0 saturated heterocycles. The molecule has 0 aliphatic carbocycles. The Labute approximate surface area is 164 Å². The lowest BCUT2D eigenvalue weighted by atomic mass is 10.2. The summed E-state index contributed by atoms with van der Waals surface area (Å²) < 4.78 is 24.9. The Kier molecular flexibility index (Phi) is 5.61. The van der Waals surface area contributed by atoms with Crippen LogP contribution < -0.4 is 10.6 Å². The normalized spacial score (nSPS) is 11.5. The van der Waals surface area contributed by atoms with Crippen molar-refractivity contribution in [2.45, 2.75) is 11.3 Å². The van der Waals surface area contributed by atoms with E-state index in [9.17, 15) is 23.3 Å². The summed E-state index contributed by atoms with van der Waals surface area (Å²) in [5.74, 6) is -0.213. The highest BCUT2D eigenvalue weighted by atomic mass is 32.2. The van der Waals surface area contributed by atoms with E-state index in [1.165, 1.54) is 23.5 Å². The van der Waals surface area contributed by atoms with Gasteiger partial charge in [0, 0.05) is 43.2 Å². The van der Waals surface area contributed by atoms with E-state index in [4.69, 9.17) is 0 Å². The van der Waals surface area contributed by atoms with Crippen LogP contribution in [0.4, 0.5) is 11.4 Å². The summed E-state index contributed by atoms with van der Waals surface area (Å²) in [7, 11) is -3.54.